The first-order valence-electron chi connectivity index (χ1n) is 7.78. The molecule has 5 heteroatoms. The molecule has 1 aliphatic rings. The molecule has 0 amide bonds. The first kappa shape index (κ1) is 16.1. The first-order valence-corrected chi connectivity index (χ1v) is 8.97. The molecule has 0 fully saturated rings. The highest BCUT2D eigenvalue weighted by Crippen LogP contribution is 2.48. The van der Waals surface area contributed by atoms with Gasteiger partial charge in [0.05, 0.1) is 26.2 Å². The predicted octanol–water partition coefficient (Wildman–Crippen LogP) is 5.63. The largest absolute Gasteiger partial charge is 0.423 e. The van der Waals surface area contributed by atoms with Gasteiger partial charge in [0.2, 0.25) is 0 Å². The van der Waals surface area contributed by atoms with Crippen molar-refractivity contribution in [2.24, 2.45) is 0 Å². The lowest BCUT2D eigenvalue weighted by Crippen LogP contribution is -2.04. The molecule has 0 N–H and O–H groups in total. The minimum absolute atomic E-state index is 0.353. The Morgan fingerprint density at radius 2 is 1.84 bits per heavy atom. The van der Waals surface area contributed by atoms with Crippen LogP contribution in [0.3, 0.4) is 0 Å². The molecule has 3 aromatic rings. The van der Waals surface area contributed by atoms with Crippen molar-refractivity contribution in [1.82, 2.24) is 4.57 Å². The number of aromatic nitrogens is 1. The van der Waals surface area contributed by atoms with Gasteiger partial charge in [-0.05, 0) is 29.8 Å². The Labute approximate surface area is 154 Å². The lowest BCUT2D eigenvalue weighted by atomic mass is 10.1. The molecule has 0 unspecified atom stereocenters. The first-order chi connectivity index (χ1) is 12.1. The number of nitrogens with zero attached hydrogens (tertiary/aromatic N) is 1. The van der Waals surface area contributed by atoms with Crippen LogP contribution in [-0.4, -0.2) is 10.5 Å². The van der Waals surface area contributed by atoms with E-state index >= 15 is 0 Å². The van der Waals surface area contributed by atoms with Crippen LogP contribution in [0.25, 0.3) is 16.4 Å². The molecule has 3 nitrogen and oxygen atoms in total. The number of halogens is 1. The summed E-state index contributed by atoms with van der Waals surface area (Å²) in [7, 11) is 0. The predicted molar refractivity (Wildman–Crippen MR) is 102 cm³/mol. The van der Waals surface area contributed by atoms with Crippen LogP contribution < -0.4 is 0 Å². The van der Waals surface area contributed by atoms with E-state index in [9.17, 15) is 4.79 Å². The molecule has 2 aromatic carbocycles. The van der Waals surface area contributed by atoms with Crippen molar-refractivity contribution in [3.63, 3.8) is 0 Å². The molecular formula is C20H14ClNO2S. The highest BCUT2D eigenvalue weighted by molar-refractivity contribution is 8.08. The molecule has 4 rings (SSSR count). The Morgan fingerprint density at radius 3 is 2.60 bits per heavy atom. The molecule has 124 valence electrons. The molecule has 0 atom stereocenters. The number of hydrogen-bond acceptors (Lipinski definition) is 3. The fraction of sp³-hybridized carbons (Fsp3) is 0.0500. The summed E-state index contributed by atoms with van der Waals surface area (Å²) in [6.45, 7) is 1.42. The Morgan fingerprint density at radius 1 is 1.04 bits per heavy atom. The highest BCUT2D eigenvalue weighted by atomic mass is 35.5. The number of benzene rings is 2. The number of esters is 1. The van der Waals surface area contributed by atoms with Crippen molar-refractivity contribution in [2.75, 3.05) is 0 Å². The lowest BCUT2D eigenvalue weighted by molar-refractivity contribution is -0.134. The molecule has 0 saturated heterocycles. The SMILES string of the molecule is CC(=O)OC1=C(c2ccccc2)Sc2c(Cl)cccc2-n2cccc21. The topological polar surface area (TPSA) is 31.2 Å². The van der Waals surface area contributed by atoms with Gasteiger partial charge in [-0.15, -0.1) is 0 Å². The van der Waals surface area contributed by atoms with Gasteiger partial charge in [-0.1, -0.05) is 59.8 Å². The number of carbonyl (C=O) groups is 1. The molecule has 0 bridgehead atoms. The summed E-state index contributed by atoms with van der Waals surface area (Å²) in [5.41, 5.74) is 2.76. The van der Waals surface area contributed by atoms with Gasteiger partial charge in [0, 0.05) is 13.1 Å². The smallest absolute Gasteiger partial charge is 0.308 e. The van der Waals surface area contributed by atoms with Crippen molar-refractivity contribution in [3.8, 4) is 5.69 Å². The van der Waals surface area contributed by atoms with Crippen LogP contribution in [0.4, 0.5) is 0 Å². The summed E-state index contributed by atoms with van der Waals surface area (Å²) in [5.74, 6) is 0.190. The third-order valence-electron chi connectivity index (χ3n) is 3.88. The summed E-state index contributed by atoms with van der Waals surface area (Å²) in [5, 5.41) is 0.666. The monoisotopic (exact) mass is 367 g/mol. The molecule has 2 heterocycles. The van der Waals surface area contributed by atoms with Gasteiger partial charge in [0.1, 0.15) is 0 Å². The lowest BCUT2D eigenvalue weighted by Gasteiger charge is -2.12. The van der Waals surface area contributed by atoms with E-state index in [-0.39, 0.29) is 5.97 Å². The quantitative estimate of drug-likeness (QED) is 0.550. The van der Waals surface area contributed by atoms with Crippen LogP contribution in [0, 0.1) is 0 Å². The molecular weight excluding hydrogens is 354 g/mol. The maximum absolute atomic E-state index is 11.8. The molecule has 1 aliphatic heterocycles. The van der Waals surface area contributed by atoms with Gasteiger partial charge in [0.25, 0.3) is 0 Å². The van der Waals surface area contributed by atoms with E-state index < -0.39 is 0 Å². The normalized spacial score (nSPS) is 13.0. The summed E-state index contributed by atoms with van der Waals surface area (Å²) in [6, 6.07) is 19.6. The van der Waals surface area contributed by atoms with Gasteiger partial charge in [-0.25, -0.2) is 0 Å². The molecule has 0 spiro atoms. The van der Waals surface area contributed by atoms with Crippen molar-refractivity contribution >= 4 is 40.0 Å². The van der Waals surface area contributed by atoms with Crippen LogP contribution in [0.15, 0.2) is 71.8 Å². The van der Waals surface area contributed by atoms with Crippen LogP contribution in [0.1, 0.15) is 18.2 Å². The summed E-state index contributed by atoms with van der Waals surface area (Å²) >= 11 is 8.01. The Hall–Kier alpha value is -2.43. The van der Waals surface area contributed by atoms with Crippen LogP contribution in [0.5, 0.6) is 0 Å². The van der Waals surface area contributed by atoms with E-state index in [1.807, 2.05) is 71.4 Å². The van der Waals surface area contributed by atoms with Crippen LogP contribution in [-0.2, 0) is 9.53 Å². The van der Waals surface area contributed by atoms with Crippen molar-refractivity contribution < 1.29 is 9.53 Å². The van der Waals surface area contributed by atoms with Crippen LogP contribution >= 0.6 is 23.4 Å². The summed E-state index contributed by atoms with van der Waals surface area (Å²) < 4.78 is 7.65. The fourth-order valence-electron chi connectivity index (χ4n) is 2.85. The van der Waals surface area contributed by atoms with Gasteiger partial charge in [0.15, 0.2) is 5.76 Å². The molecule has 1 aromatic heterocycles. The van der Waals surface area contributed by atoms with E-state index in [4.69, 9.17) is 16.3 Å². The van der Waals surface area contributed by atoms with Gasteiger partial charge < -0.3 is 9.30 Å². The molecule has 0 aliphatic carbocycles. The van der Waals surface area contributed by atoms with Crippen LogP contribution in [0.2, 0.25) is 5.02 Å². The zero-order chi connectivity index (χ0) is 17.4. The third kappa shape index (κ3) is 2.88. The maximum atomic E-state index is 11.8. The zero-order valence-corrected chi connectivity index (χ0v) is 15.0. The second-order valence-corrected chi connectivity index (χ2v) is 7.00. The number of thioether (sulfide) groups is 1. The van der Waals surface area contributed by atoms with Crippen molar-refractivity contribution in [1.29, 1.82) is 0 Å². The van der Waals surface area contributed by atoms with Gasteiger partial charge >= 0.3 is 5.97 Å². The fourth-order valence-corrected chi connectivity index (χ4v) is 4.27. The molecule has 25 heavy (non-hydrogen) atoms. The standard InChI is InChI=1S/C20H14ClNO2S/c1-13(23)24-18-16-11-6-12-22(16)17-10-5-9-15(21)20(17)25-19(18)14-7-3-2-4-8-14/h2-12H,1H3. The van der Waals surface area contributed by atoms with E-state index in [1.54, 1.807) is 0 Å². The highest BCUT2D eigenvalue weighted by Gasteiger charge is 2.26. The number of rotatable bonds is 2. The summed E-state index contributed by atoms with van der Waals surface area (Å²) in [6.07, 6.45) is 1.95. The van der Waals surface area contributed by atoms with Gasteiger partial charge in [-0.3, -0.25) is 4.79 Å². The Balaban J connectivity index is 2.04. The second-order valence-electron chi connectivity index (χ2n) is 5.57. The third-order valence-corrected chi connectivity index (χ3v) is 5.56. The molecule has 0 saturated carbocycles. The number of carbonyl (C=O) groups excluding carboxylic acids is 1. The Bertz CT molecular complexity index is 992. The van der Waals surface area contributed by atoms with E-state index in [0.29, 0.717) is 10.8 Å². The molecule has 0 radical (unpaired) electrons. The van der Waals surface area contributed by atoms with Gasteiger partial charge in [-0.2, -0.15) is 0 Å². The number of fused-ring (bicyclic) bond motifs is 3. The Kier molecular flexibility index (Phi) is 4.15. The van der Waals surface area contributed by atoms with E-state index in [1.165, 1.54) is 18.7 Å². The van der Waals surface area contributed by atoms with Crippen molar-refractivity contribution in [3.05, 3.63) is 83.1 Å². The second kappa shape index (κ2) is 6.47. The average Bonchev–Trinajstić information content (AvgIpc) is 3.04. The zero-order valence-electron chi connectivity index (χ0n) is 13.4. The van der Waals surface area contributed by atoms with Crippen molar-refractivity contribution in [2.45, 2.75) is 11.8 Å². The van der Waals surface area contributed by atoms with E-state index in [0.717, 1.165) is 26.7 Å². The summed E-state index contributed by atoms with van der Waals surface area (Å²) in [4.78, 5) is 13.6. The average molecular weight is 368 g/mol. The van der Waals surface area contributed by atoms with E-state index in [2.05, 4.69) is 0 Å². The minimum atomic E-state index is -0.353. The number of ether oxygens (including phenoxy) is 1. The minimum Gasteiger partial charge on any atom is -0.423 e. The maximum Gasteiger partial charge on any atom is 0.308 e. The number of hydrogen-bond donors (Lipinski definition) is 0.